The molecule has 4 aromatic heterocycles. The van der Waals surface area contributed by atoms with Gasteiger partial charge in [0.1, 0.15) is 11.9 Å². The van der Waals surface area contributed by atoms with Crippen LogP contribution in [0.3, 0.4) is 0 Å². The SMILES string of the molecule is COc1ccc(CN2C3CC2CN(c2cnc(-c4cc(C5=CCN(C)CC5)cn5ncc(C#N)c45)cn2)C3)cn1. The van der Waals surface area contributed by atoms with Crippen molar-refractivity contribution in [3.8, 4) is 23.2 Å². The number of rotatable bonds is 6. The van der Waals surface area contributed by atoms with Crippen molar-refractivity contribution in [1.29, 1.82) is 5.26 Å². The summed E-state index contributed by atoms with van der Waals surface area (Å²) in [6.07, 6.45) is 13.7. The summed E-state index contributed by atoms with van der Waals surface area (Å²) in [4.78, 5) is 21.3. The molecule has 4 aliphatic heterocycles. The summed E-state index contributed by atoms with van der Waals surface area (Å²) in [6.45, 7) is 4.69. The molecule has 40 heavy (non-hydrogen) atoms. The lowest BCUT2D eigenvalue weighted by Gasteiger charge is -2.56. The Bertz CT molecular complexity index is 1610. The zero-order chi connectivity index (χ0) is 27.2. The molecule has 0 spiro atoms. The number of aromatic nitrogens is 5. The van der Waals surface area contributed by atoms with Crippen LogP contribution in [0.2, 0.25) is 0 Å². The van der Waals surface area contributed by atoms with E-state index in [1.165, 1.54) is 17.6 Å². The van der Waals surface area contributed by atoms with Gasteiger partial charge in [0.25, 0.3) is 0 Å². The van der Waals surface area contributed by atoms with Crippen molar-refractivity contribution in [3.05, 3.63) is 71.9 Å². The van der Waals surface area contributed by atoms with Crippen molar-refractivity contribution in [2.45, 2.75) is 31.5 Å². The molecule has 0 amide bonds. The Morgan fingerprint density at radius 2 is 1.95 bits per heavy atom. The Labute approximate surface area is 233 Å². The van der Waals surface area contributed by atoms with E-state index in [0.717, 1.165) is 67.3 Å². The molecule has 202 valence electrons. The number of pyridine rings is 2. The predicted molar refractivity (Wildman–Crippen MR) is 152 cm³/mol. The lowest BCUT2D eigenvalue weighted by Crippen LogP contribution is -2.68. The van der Waals surface area contributed by atoms with Crippen LogP contribution in [0.1, 0.15) is 29.5 Å². The first-order valence-corrected chi connectivity index (χ1v) is 13.7. The quantitative estimate of drug-likeness (QED) is 0.370. The number of hydrogen-bond acceptors (Lipinski definition) is 9. The molecule has 10 nitrogen and oxygen atoms in total. The van der Waals surface area contributed by atoms with Crippen LogP contribution in [0.4, 0.5) is 5.82 Å². The van der Waals surface area contributed by atoms with Gasteiger partial charge in [-0.25, -0.2) is 14.5 Å². The number of likely N-dealkylation sites (N-methyl/N-ethyl adjacent to an activating group) is 1. The highest BCUT2D eigenvalue weighted by Gasteiger charge is 2.44. The number of piperazine rings is 1. The number of piperidine rings is 1. The molecular weight excluding hydrogens is 502 g/mol. The maximum absolute atomic E-state index is 9.75. The van der Waals surface area contributed by atoms with E-state index in [9.17, 15) is 5.26 Å². The summed E-state index contributed by atoms with van der Waals surface area (Å²) in [7, 11) is 3.77. The van der Waals surface area contributed by atoms with Crippen LogP contribution >= 0.6 is 0 Å². The Morgan fingerprint density at radius 1 is 1.07 bits per heavy atom. The number of fused-ring (bicyclic) bond motifs is 3. The van der Waals surface area contributed by atoms with Gasteiger partial charge >= 0.3 is 0 Å². The molecule has 8 heterocycles. The van der Waals surface area contributed by atoms with Crippen LogP contribution in [-0.2, 0) is 6.54 Å². The maximum atomic E-state index is 9.75. The molecule has 0 aliphatic carbocycles. The molecule has 4 aliphatic rings. The fraction of sp³-hybridized carbons (Fsp3) is 0.367. The van der Waals surface area contributed by atoms with Crippen LogP contribution in [0.15, 0.2) is 55.3 Å². The van der Waals surface area contributed by atoms with Crippen LogP contribution in [0.25, 0.3) is 22.3 Å². The summed E-state index contributed by atoms with van der Waals surface area (Å²) >= 11 is 0. The number of ether oxygens (including phenoxy) is 1. The molecule has 0 N–H and O–H groups in total. The molecule has 3 saturated heterocycles. The van der Waals surface area contributed by atoms with E-state index in [-0.39, 0.29) is 0 Å². The van der Waals surface area contributed by atoms with Crippen LogP contribution in [0, 0.1) is 11.3 Å². The van der Waals surface area contributed by atoms with Crippen molar-refractivity contribution < 1.29 is 4.74 Å². The minimum Gasteiger partial charge on any atom is -0.481 e. The highest BCUT2D eigenvalue weighted by molar-refractivity contribution is 5.85. The Hall–Kier alpha value is -4.33. The first-order chi connectivity index (χ1) is 19.6. The standard InChI is InChI=1S/C30H31N9O/c1-36-7-5-21(6-8-36)22-9-26(30-23(11-31)13-35-39(30)17-22)27-14-33-28(15-32-27)37-18-24-10-25(19-37)38(24)16-20-3-4-29(40-2)34-12-20/h3-5,9,12-15,17,24-25H,6-8,10,16,18-19H2,1-2H3. The number of nitriles is 1. The highest BCUT2D eigenvalue weighted by Crippen LogP contribution is 2.36. The molecular formula is C30H31N9O. The summed E-state index contributed by atoms with van der Waals surface area (Å²) in [5.41, 5.74) is 6.54. The summed E-state index contributed by atoms with van der Waals surface area (Å²) in [5, 5.41) is 14.2. The second-order valence-corrected chi connectivity index (χ2v) is 10.9. The minimum absolute atomic E-state index is 0.492. The van der Waals surface area contributed by atoms with Crippen molar-refractivity contribution in [2.24, 2.45) is 0 Å². The Balaban J connectivity index is 1.11. The molecule has 8 rings (SSSR count). The van der Waals surface area contributed by atoms with Crippen LogP contribution in [-0.4, -0.2) is 86.8 Å². The smallest absolute Gasteiger partial charge is 0.212 e. The predicted octanol–water partition coefficient (Wildman–Crippen LogP) is 3.25. The topological polar surface area (TPSA) is 98.7 Å². The van der Waals surface area contributed by atoms with Crippen molar-refractivity contribution in [1.82, 2.24) is 34.4 Å². The zero-order valence-electron chi connectivity index (χ0n) is 22.7. The van der Waals surface area contributed by atoms with Crippen molar-refractivity contribution >= 4 is 16.9 Å². The van der Waals surface area contributed by atoms with Gasteiger partial charge in [0.15, 0.2) is 0 Å². The Kier molecular flexibility index (Phi) is 6.18. The van der Waals surface area contributed by atoms with Gasteiger partial charge in [0, 0.05) is 68.8 Å². The molecule has 0 radical (unpaired) electrons. The highest BCUT2D eigenvalue weighted by atomic mass is 16.5. The monoisotopic (exact) mass is 533 g/mol. The second kappa shape index (κ2) is 10.0. The van der Waals surface area contributed by atoms with Gasteiger partial charge in [-0.2, -0.15) is 10.4 Å². The molecule has 2 unspecified atom stereocenters. The first-order valence-electron chi connectivity index (χ1n) is 13.7. The van der Waals surface area contributed by atoms with Gasteiger partial charge < -0.3 is 14.5 Å². The van der Waals surface area contributed by atoms with Crippen LogP contribution < -0.4 is 9.64 Å². The van der Waals surface area contributed by atoms with Gasteiger partial charge in [0.2, 0.25) is 5.88 Å². The van der Waals surface area contributed by atoms with E-state index in [2.05, 4.69) is 56.1 Å². The average molecular weight is 534 g/mol. The molecule has 0 saturated carbocycles. The number of hydrogen-bond donors (Lipinski definition) is 0. The lowest BCUT2D eigenvalue weighted by atomic mass is 9.87. The largest absolute Gasteiger partial charge is 0.481 e. The molecule has 0 aromatic carbocycles. The van der Waals surface area contributed by atoms with Crippen molar-refractivity contribution in [2.75, 3.05) is 45.2 Å². The fourth-order valence-electron chi connectivity index (χ4n) is 6.20. The number of nitrogens with zero attached hydrogens (tertiary/aromatic N) is 9. The minimum atomic E-state index is 0.492. The van der Waals surface area contributed by atoms with Gasteiger partial charge in [-0.3, -0.25) is 9.88 Å². The Morgan fingerprint density at radius 3 is 2.62 bits per heavy atom. The summed E-state index contributed by atoms with van der Waals surface area (Å²) in [6, 6.07) is 9.43. The van der Waals surface area contributed by atoms with Gasteiger partial charge in [-0.15, -0.1) is 0 Å². The van der Waals surface area contributed by atoms with Crippen LogP contribution in [0.5, 0.6) is 5.88 Å². The zero-order valence-corrected chi connectivity index (χ0v) is 22.7. The van der Waals surface area contributed by atoms with E-state index in [0.29, 0.717) is 23.5 Å². The maximum Gasteiger partial charge on any atom is 0.212 e. The summed E-state index contributed by atoms with van der Waals surface area (Å²) in [5.74, 6) is 1.53. The van der Waals surface area contributed by atoms with Gasteiger partial charge in [-0.1, -0.05) is 12.1 Å². The van der Waals surface area contributed by atoms with Gasteiger partial charge in [-0.05, 0) is 42.7 Å². The summed E-state index contributed by atoms with van der Waals surface area (Å²) < 4.78 is 7.00. The third-order valence-electron chi connectivity index (χ3n) is 8.47. The first kappa shape index (κ1) is 24.7. The lowest BCUT2D eigenvalue weighted by molar-refractivity contribution is -0.00879. The third-order valence-corrected chi connectivity index (χ3v) is 8.47. The molecule has 4 aromatic rings. The molecule has 10 heteroatoms. The molecule has 2 bridgehead atoms. The normalized spacial score (nSPS) is 21.1. The fourth-order valence-corrected chi connectivity index (χ4v) is 6.20. The van der Waals surface area contributed by atoms with E-state index in [1.54, 1.807) is 13.3 Å². The van der Waals surface area contributed by atoms with E-state index in [1.807, 2.05) is 35.4 Å². The third kappa shape index (κ3) is 4.37. The molecule has 2 atom stereocenters. The van der Waals surface area contributed by atoms with Crippen molar-refractivity contribution in [3.63, 3.8) is 0 Å². The number of anilines is 1. The van der Waals surface area contributed by atoms with E-state index >= 15 is 0 Å². The molecule has 3 fully saturated rings. The second-order valence-electron chi connectivity index (χ2n) is 10.9. The van der Waals surface area contributed by atoms with E-state index < -0.39 is 0 Å². The van der Waals surface area contributed by atoms with E-state index in [4.69, 9.17) is 14.7 Å². The average Bonchev–Trinajstić information content (AvgIpc) is 3.43. The van der Waals surface area contributed by atoms with Gasteiger partial charge in [0.05, 0.1) is 42.5 Å². The number of methoxy groups -OCH3 is 1.